The SMILES string of the molecule is CC(N)C(Sc1cc(Cl)ccc1Cl)C(C)(C)C. The maximum absolute atomic E-state index is 6.17. The number of hydrogen-bond donors (Lipinski definition) is 1. The Balaban J connectivity index is 2.98. The molecule has 0 aromatic heterocycles. The molecule has 0 saturated carbocycles. The van der Waals surface area contributed by atoms with Crippen molar-refractivity contribution >= 4 is 35.0 Å². The molecule has 0 aliphatic heterocycles. The predicted octanol–water partition coefficient (Wildman–Crippen LogP) is 4.85. The van der Waals surface area contributed by atoms with E-state index in [4.69, 9.17) is 28.9 Å². The highest BCUT2D eigenvalue weighted by molar-refractivity contribution is 8.00. The molecular weight excluding hydrogens is 273 g/mol. The number of halogens is 2. The van der Waals surface area contributed by atoms with Crippen molar-refractivity contribution in [1.29, 1.82) is 0 Å². The van der Waals surface area contributed by atoms with Crippen LogP contribution in [-0.2, 0) is 0 Å². The third-order valence-electron chi connectivity index (χ3n) is 2.48. The Morgan fingerprint density at radius 1 is 1.24 bits per heavy atom. The van der Waals surface area contributed by atoms with Crippen molar-refractivity contribution < 1.29 is 0 Å². The van der Waals surface area contributed by atoms with Gasteiger partial charge in [0.05, 0.1) is 5.02 Å². The van der Waals surface area contributed by atoms with Crippen molar-refractivity contribution in [1.82, 2.24) is 0 Å². The Labute approximate surface area is 118 Å². The third kappa shape index (κ3) is 4.36. The first-order chi connectivity index (χ1) is 7.71. The van der Waals surface area contributed by atoms with Gasteiger partial charge in [0.25, 0.3) is 0 Å². The zero-order valence-corrected chi connectivity index (χ0v) is 13.0. The molecule has 0 aliphatic rings. The van der Waals surface area contributed by atoms with Crippen LogP contribution in [0.2, 0.25) is 10.0 Å². The number of hydrogen-bond acceptors (Lipinski definition) is 2. The molecule has 0 bridgehead atoms. The van der Waals surface area contributed by atoms with Gasteiger partial charge in [0, 0.05) is 21.2 Å². The topological polar surface area (TPSA) is 26.0 Å². The maximum atomic E-state index is 6.17. The molecule has 0 fully saturated rings. The lowest BCUT2D eigenvalue weighted by Crippen LogP contribution is -2.38. The zero-order chi connectivity index (χ0) is 13.2. The van der Waals surface area contributed by atoms with Crippen LogP contribution in [0.4, 0.5) is 0 Å². The molecule has 0 spiro atoms. The van der Waals surface area contributed by atoms with Crippen LogP contribution in [0, 0.1) is 5.41 Å². The molecule has 2 N–H and O–H groups in total. The highest BCUT2D eigenvalue weighted by atomic mass is 35.5. The lowest BCUT2D eigenvalue weighted by atomic mass is 9.88. The van der Waals surface area contributed by atoms with Gasteiger partial charge in [-0.3, -0.25) is 0 Å². The van der Waals surface area contributed by atoms with Crippen LogP contribution >= 0.6 is 35.0 Å². The molecule has 0 heterocycles. The van der Waals surface area contributed by atoms with Crippen molar-refractivity contribution in [2.24, 2.45) is 11.1 Å². The van der Waals surface area contributed by atoms with E-state index in [1.165, 1.54) is 0 Å². The van der Waals surface area contributed by atoms with Gasteiger partial charge >= 0.3 is 0 Å². The van der Waals surface area contributed by atoms with E-state index in [0.29, 0.717) is 10.3 Å². The van der Waals surface area contributed by atoms with Crippen molar-refractivity contribution in [3.05, 3.63) is 28.2 Å². The third-order valence-corrected chi connectivity index (χ3v) is 5.14. The molecule has 0 saturated heterocycles. The first-order valence-corrected chi connectivity index (χ1v) is 7.22. The lowest BCUT2D eigenvalue weighted by molar-refractivity contribution is 0.363. The quantitative estimate of drug-likeness (QED) is 0.806. The molecule has 0 aliphatic carbocycles. The Morgan fingerprint density at radius 3 is 2.29 bits per heavy atom. The Hall–Kier alpha value is 0.110. The maximum Gasteiger partial charge on any atom is 0.0543 e. The molecular formula is C13H19Cl2NS. The molecule has 1 rings (SSSR count). The fraction of sp³-hybridized carbons (Fsp3) is 0.538. The van der Waals surface area contributed by atoms with E-state index in [0.717, 1.165) is 9.92 Å². The summed E-state index contributed by atoms with van der Waals surface area (Å²) >= 11 is 13.9. The highest BCUT2D eigenvalue weighted by Crippen LogP contribution is 2.40. The standard InChI is InChI=1S/C13H19Cl2NS/c1-8(16)12(13(2,3)4)17-11-7-9(14)5-6-10(11)15/h5-8,12H,16H2,1-4H3. The summed E-state index contributed by atoms with van der Waals surface area (Å²) < 4.78 is 0. The summed E-state index contributed by atoms with van der Waals surface area (Å²) in [7, 11) is 0. The minimum atomic E-state index is 0.0926. The second-order valence-corrected chi connectivity index (χ2v) is 7.37. The van der Waals surface area contributed by atoms with Gasteiger partial charge in [0.15, 0.2) is 0 Å². The summed E-state index contributed by atoms with van der Waals surface area (Å²) in [5.41, 5.74) is 6.18. The first-order valence-electron chi connectivity index (χ1n) is 5.59. The minimum absolute atomic E-state index is 0.0926. The Kier molecular flexibility index (Phi) is 5.21. The molecule has 2 atom stereocenters. The average molecular weight is 292 g/mol. The molecule has 17 heavy (non-hydrogen) atoms. The zero-order valence-electron chi connectivity index (χ0n) is 10.6. The molecule has 0 amide bonds. The summed E-state index contributed by atoms with van der Waals surface area (Å²) in [6.45, 7) is 8.59. The smallest absolute Gasteiger partial charge is 0.0543 e. The average Bonchev–Trinajstić information content (AvgIpc) is 2.17. The predicted molar refractivity (Wildman–Crippen MR) is 79.2 cm³/mol. The van der Waals surface area contributed by atoms with Crippen LogP contribution in [0.1, 0.15) is 27.7 Å². The van der Waals surface area contributed by atoms with E-state index in [1.54, 1.807) is 17.8 Å². The summed E-state index contributed by atoms with van der Waals surface area (Å²) in [4.78, 5) is 0.997. The van der Waals surface area contributed by atoms with E-state index in [2.05, 4.69) is 20.8 Å². The van der Waals surface area contributed by atoms with E-state index >= 15 is 0 Å². The number of nitrogens with two attached hydrogens (primary N) is 1. The second-order valence-electron chi connectivity index (χ2n) is 5.34. The van der Waals surface area contributed by atoms with Gasteiger partial charge in [0.1, 0.15) is 0 Å². The largest absolute Gasteiger partial charge is 0.327 e. The molecule has 4 heteroatoms. The van der Waals surface area contributed by atoms with Gasteiger partial charge in [0.2, 0.25) is 0 Å². The van der Waals surface area contributed by atoms with Gasteiger partial charge < -0.3 is 5.73 Å². The molecule has 96 valence electrons. The number of thioether (sulfide) groups is 1. The molecule has 1 nitrogen and oxygen atoms in total. The molecule has 1 aromatic rings. The summed E-state index contributed by atoms with van der Waals surface area (Å²) in [6.07, 6.45) is 0. The molecule has 0 radical (unpaired) electrons. The van der Waals surface area contributed by atoms with Crippen molar-refractivity contribution in [2.75, 3.05) is 0 Å². The van der Waals surface area contributed by atoms with Gasteiger partial charge in [-0.25, -0.2) is 0 Å². The van der Waals surface area contributed by atoms with Gasteiger partial charge in [-0.1, -0.05) is 44.0 Å². The van der Waals surface area contributed by atoms with E-state index in [9.17, 15) is 0 Å². The molecule has 2 unspecified atom stereocenters. The van der Waals surface area contributed by atoms with Crippen LogP contribution in [0.15, 0.2) is 23.1 Å². The lowest BCUT2D eigenvalue weighted by Gasteiger charge is -2.33. The summed E-state index contributed by atoms with van der Waals surface area (Å²) in [5, 5.41) is 1.72. The number of rotatable bonds is 3. The van der Waals surface area contributed by atoms with Crippen LogP contribution in [0.3, 0.4) is 0 Å². The van der Waals surface area contributed by atoms with E-state index in [1.807, 2.05) is 19.1 Å². The van der Waals surface area contributed by atoms with Gasteiger partial charge in [-0.2, -0.15) is 0 Å². The van der Waals surface area contributed by atoms with Crippen molar-refractivity contribution in [3.63, 3.8) is 0 Å². The van der Waals surface area contributed by atoms with Crippen LogP contribution in [0.25, 0.3) is 0 Å². The van der Waals surface area contributed by atoms with Crippen LogP contribution in [-0.4, -0.2) is 11.3 Å². The normalized spacial score (nSPS) is 15.7. The Morgan fingerprint density at radius 2 is 1.82 bits per heavy atom. The van der Waals surface area contributed by atoms with Crippen molar-refractivity contribution in [2.45, 2.75) is 43.9 Å². The fourth-order valence-corrected chi connectivity index (χ4v) is 3.48. The highest BCUT2D eigenvalue weighted by Gasteiger charge is 2.29. The van der Waals surface area contributed by atoms with Gasteiger partial charge in [-0.05, 0) is 30.5 Å². The van der Waals surface area contributed by atoms with Crippen molar-refractivity contribution in [3.8, 4) is 0 Å². The fourth-order valence-electron chi connectivity index (χ4n) is 1.78. The second kappa shape index (κ2) is 5.83. The van der Waals surface area contributed by atoms with Crippen LogP contribution in [0.5, 0.6) is 0 Å². The summed E-state index contributed by atoms with van der Waals surface area (Å²) in [6, 6.07) is 5.62. The van der Waals surface area contributed by atoms with Gasteiger partial charge in [-0.15, -0.1) is 11.8 Å². The minimum Gasteiger partial charge on any atom is -0.327 e. The van der Waals surface area contributed by atoms with E-state index in [-0.39, 0.29) is 11.5 Å². The first kappa shape index (κ1) is 15.2. The molecule has 1 aromatic carbocycles. The monoisotopic (exact) mass is 291 g/mol. The van der Waals surface area contributed by atoms with Crippen LogP contribution < -0.4 is 5.73 Å². The number of benzene rings is 1. The Bertz CT molecular complexity index is 385. The summed E-state index contributed by atoms with van der Waals surface area (Å²) in [5.74, 6) is 0. The van der Waals surface area contributed by atoms with E-state index < -0.39 is 0 Å².